The molecule has 0 aliphatic carbocycles. The SMILES string of the molecule is COCC[N+]1=C(/C=C/C=C/C=C/C=C2/N(CCCCCC(=O)O)c3ccc(S(=O)(=O)[O-])cc3C2(C)CCOC)C(C)(CCCS(=O)(=O)[O-])c2cc(S(=O)(=O)[O-])ccc21. The van der Waals surface area contributed by atoms with Crippen molar-refractivity contribution in [3.05, 3.63) is 95.8 Å². The minimum Gasteiger partial charge on any atom is -0.748 e. The molecule has 1 N–H and O–H groups in total. The predicted octanol–water partition coefficient (Wildman–Crippen LogP) is 4.83. The molecule has 58 heavy (non-hydrogen) atoms. The number of ether oxygens (including phenoxy) is 2. The molecule has 4 rings (SSSR count). The average molecular weight is 863 g/mol. The lowest BCUT2D eigenvalue weighted by molar-refractivity contribution is -0.441. The van der Waals surface area contributed by atoms with Crippen molar-refractivity contribution in [2.45, 2.75) is 79.4 Å². The monoisotopic (exact) mass is 862 g/mol. The molecule has 0 aromatic heterocycles. The fourth-order valence-electron chi connectivity index (χ4n) is 7.68. The van der Waals surface area contributed by atoms with Crippen LogP contribution in [-0.4, -0.2) is 107 Å². The summed E-state index contributed by atoms with van der Waals surface area (Å²) in [6.45, 7) is 5.25. The van der Waals surface area contributed by atoms with Gasteiger partial charge in [0, 0.05) is 74.1 Å². The van der Waals surface area contributed by atoms with E-state index in [9.17, 15) is 43.7 Å². The predicted molar refractivity (Wildman–Crippen MR) is 214 cm³/mol. The molecule has 0 bridgehead atoms. The number of rotatable bonds is 22. The number of hydrogen-bond acceptors (Lipinski definition) is 13. The summed E-state index contributed by atoms with van der Waals surface area (Å²) in [5, 5.41) is 9.07. The minimum atomic E-state index is -4.81. The lowest BCUT2D eigenvalue weighted by atomic mass is 9.76. The summed E-state index contributed by atoms with van der Waals surface area (Å²) in [6, 6.07) is 8.40. The van der Waals surface area contributed by atoms with Gasteiger partial charge in [-0.15, -0.1) is 0 Å². The summed E-state index contributed by atoms with van der Waals surface area (Å²) in [6.07, 6.45) is 15.1. The lowest BCUT2D eigenvalue weighted by Gasteiger charge is -2.30. The zero-order valence-electron chi connectivity index (χ0n) is 33.0. The zero-order valence-corrected chi connectivity index (χ0v) is 35.4. The number of hydrogen-bond donors (Lipinski definition) is 1. The smallest absolute Gasteiger partial charge is 0.303 e. The summed E-state index contributed by atoms with van der Waals surface area (Å²) in [5.41, 5.74) is 2.30. The summed E-state index contributed by atoms with van der Waals surface area (Å²) < 4.78 is 119. The number of anilines is 1. The lowest BCUT2D eigenvalue weighted by Crippen LogP contribution is -2.32. The normalized spacial score (nSPS) is 20.7. The first-order chi connectivity index (χ1) is 27.2. The highest BCUT2D eigenvalue weighted by Crippen LogP contribution is 2.51. The van der Waals surface area contributed by atoms with Gasteiger partial charge >= 0.3 is 5.97 Å². The Labute approximate surface area is 341 Å². The van der Waals surface area contributed by atoms with Crippen LogP contribution in [0.25, 0.3) is 0 Å². The number of benzene rings is 2. The Morgan fingerprint density at radius 3 is 2.02 bits per heavy atom. The van der Waals surface area contributed by atoms with E-state index in [0.717, 1.165) is 11.4 Å². The Bertz CT molecular complexity index is 2330. The van der Waals surface area contributed by atoms with Gasteiger partial charge in [-0.05, 0) is 87.9 Å². The van der Waals surface area contributed by atoms with Gasteiger partial charge < -0.3 is 33.1 Å². The van der Waals surface area contributed by atoms with Crippen molar-refractivity contribution in [1.29, 1.82) is 0 Å². The Hall–Kier alpha value is -4.01. The maximum atomic E-state index is 12.0. The molecular formula is C40H50N2O13S3-2. The molecule has 2 heterocycles. The van der Waals surface area contributed by atoms with Gasteiger partial charge in [0.2, 0.25) is 5.69 Å². The molecule has 2 aliphatic rings. The summed E-state index contributed by atoms with van der Waals surface area (Å²) >= 11 is 0. The molecule has 0 radical (unpaired) electrons. The second-order valence-corrected chi connectivity index (χ2v) is 18.9. The van der Waals surface area contributed by atoms with Crippen LogP contribution in [0.4, 0.5) is 11.4 Å². The van der Waals surface area contributed by atoms with Gasteiger partial charge in [0.15, 0.2) is 12.3 Å². The first-order valence-electron chi connectivity index (χ1n) is 18.7. The van der Waals surface area contributed by atoms with Crippen LogP contribution in [0.1, 0.15) is 69.9 Å². The molecule has 0 amide bonds. The van der Waals surface area contributed by atoms with E-state index in [4.69, 9.17) is 14.6 Å². The van der Waals surface area contributed by atoms with Gasteiger partial charge in [0.1, 0.15) is 26.8 Å². The molecule has 0 saturated carbocycles. The number of carboxylic acid groups (broad SMARTS) is 1. The van der Waals surface area contributed by atoms with Crippen LogP contribution in [0.2, 0.25) is 0 Å². The van der Waals surface area contributed by atoms with E-state index in [2.05, 4.69) is 4.90 Å². The highest BCUT2D eigenvalue weighted by atomic mass is 32.2. The van der Waals surface area contributed by atoms with Crippen LogP contribution in [0.3, 0.4) is 0 Å². The molecule has 2 atom stereocenters. The maximum Gasteiger partial charge on any atom is 0.303 e. The average Bonchev–Trinajstić information content (AvgIpc) is 3.50. The van der Waals surface area contributed by atoms with Crippen molar-refractivity contribution in [3.8, 4) is 0 Å². The topological polar surface area (TPSA) is 234 Å². The molecule has 2 unspecified atom stereocenters. The van der Waals surface area contributed by atoms with E-state index in [1.54, 1.807) is 50.5 Å². The van der Waals surface area contributed by atoms with Crippen molar-refractivity contribution >= 4 is 53.4 Å². The molecule has 15 nitrogen and oxygen atoms in total. The van der Waals surface area contributed by atoms with Crippen LogP contribution in [0.5, 0.6) is 0 Å². The number of carboxylic acids is 1. The molecule has 318 valence electrons. The molecule has 0 fully saturated rings. The summed E-state index contributed by atoms with van der Waals surface area (Å²) in [7, 11) is -11.0. The van der Waals surface area contributed by atoms with Crippen molar-refractivity contribution < 1.29 is 62.9 Å². The molecule has 0 saturated heterocycles. The molecule has 2 aromatic rings. The summed E-state index contributed by atoms with van der Waals surface area (Å²) in [5.74, 6) is -1.49. The van der Waals surface area contributed by atoms with Crippen LogP contribution in [0.15, 0.2) is 94.4 Å². The fourth-order valence-corrected chi connectivity index (χ4v) is 9.17. The van der Waals surface area contributed by atoms with E-state index >= 15 is 0 Å². The number of allylic oxidation sites excluding steroid dienone is 8. The van der Waals surface area contributed by atoms with Crippen molar-refractivity contribution in [1.82, 2.24) is 0 Å². The highest BCUT2D eigenvalue weighted by molar-refractivity contribution is 7.86. The highest BCUT2D eigenvalue weighted by Gasteiger charge is 2.48. The number of fused-ring (bicyclic) bond motifs is 2. The standard InChI is InChI=1S/C40H52N2O13S3/c1-39(21-13-27-56(45,46)47)32-28-30(57(48,49)50)18-20-35(32)42(24-26-55-4)36(39)14-9-6-5-7-10-15-37-40(2,22-25-54-3)33-29-31(58(51,52)53)17-19-34(33)41(37)23-12-8-11-16-38(43)44/h5-7,9-10,14-15,17-20,28-29H,8,11-13,16,21-27H2,1-4H3,(H3-,43,44,45,46,47,48,49,50,51,52,53)/p-2. The third kappa shape index (κ3) is 11.4. The van der Waals surface area contributed by atoms with Crippen molar-refractivity contribution in [2.75, 3.05) is 51.2 Å². The molecule has 2 aromatic carbocycles. The number of nitrogens with zero attached hydrogens (tertiary/aromatic N) is 2. The van der Waals surface area contributed by atoms with E-state index in [1.807, 2.05) is 23.7 Å². The second kappa shape index (κ2) is 19.4. The Balaban J connectivity index is 1.70. The summed E-state index contributed by atoms with van der Waals surface area (Å²) in [4.78, 5) is 12.4. The fraction of sp³-hybridized carbons (Fsp3) is 0.450. The quantitative estimate of drug-likeness (QED) is 0.0723. The number of aliphatic carboxylic acids is 1. The van der Waals surface area contributed by atoms with Gasteiger partial charge in [0.05, 0.1) is 25.3 Å². The van der Waals surface area contributed by atoms with Gasteiger partial charge in [-0.3, -0.25) is 4.79 Å². The van der Waals surface area contributed by atoms with E-state index in [0.29, 0.717) is 67.9 Å². The van der Waals surface area contributed by atoms with Gasteiger partial charge in [0.25, 0.3) is 0 Å². The van der Waals surface area contributed by atoms with E-state index < -0.39 is 57.8 Å². The van der Waals surface area contributed by atoms with Crippen molar-refractivity contribution in [3.63, 3.8) is 0 Å². The van der Waals surface area contributed by atoms with Crippen LogP contribution in [0, 0.1) is 0 Å². The first-order valence-corrected chi connectivity index (χ1v) is 23.1. The first kappa shape index (κ1) is 46.7. The minimum absolute atomic E-state index is 0.0145. The molecule has 2 aliphatic heterocycles. The van der Waals surface area contributed by atoms with Gasteiger partial charge in [-0.25, -0.2) is 25.3 Å². The number of methoxy groups -OCH3 is 2. The Morgan fingerprint density at radius 1 is 0.776 bits per heavy atom. The van der Waals surface area contributed by atoms with Gasteiger partial charge in [-0.2, -0.15) is 4.58 Å². The zero-order chi connectivity index (χ0) is 42.9. The maximum absolute atomic E-state index is 12.0. The van der Waals surface area contributed by atoms with E-state index in [1.165, 1.54) is 37.4 Å². The Kier molecular flexibility index (Phi) is 15.6. The third-order valence-corrected chi connectivity index (χ3v) is 13.1. The van der Waals surface area contributed by atoms with E-state index in [-0.39, 0.29) is 30.8 Å². The van der Waals surface area contributed by atoms with Crippen LogP contribution < -0.4 is 4.90 Å². The number of carbonyl (C=O) groups is 1. The Morgan fingerprint density at radius 2 is 1.40 bits per heavy atom. The molecular weight excluding hydrogens is 813 g/mol. The second-order valence-electron chi connectivity index (χ2n) is 14.6. The number of unbranched alkanes of at least 4 members (excludes halogenated alkanes) is 2. The van der Waals surface area contributed by atoms with Crippen LogP contribution in [-0.2, 0) is 55.5 Å². The molecule has 0 spiro atoms. The van der Waals surface area contributed by atoms with Crippen LogP contribution >= 0.6 is 0 Å². The van der Waals surface area contributed by atoms with Crippen molar-refractivity contribution in [2.24, 2.45) is 0 Å². The van der Waals surface area contributed by atoms with Gasteiger partial charge in [-0.1, -0.05) is 36.8 Å². The molecule has 18 heteroatoms. The third-order valence-electron chi connectivity index (χ3n) is 10.6. The largest absolute Gasteiger partial charge is 0.748 e.